The van der Waals surface area contributed by atoms with Crippen molar-refractivity contribution in [1.82, 2.24) is 24.2 Å². The molecule has 0 radical (unpaired) electrons. The van der Waals surface area contributed by atoms with Gasteiger partial charge in [0.1, 0.15) is 35.4 Å². The molecule has 226 valence electrons. The maximum atomic E-state index is 15.9. The fourth-order valence-electron chi connectivity index (χ4n) is 5.62. The Morgan fingerprint density at radius 3 is 2.73 bits per heavy atom. The van der Waals surface area contributed by atoms with Gasteiger partial charge in [-0.25, -0.2) is 13.8 Å². The number of fused-ring (bicyclic) bond motifs is 2. The minimum atomic E-state index is -0.824. The summed E-state index contributed by atoms with van der Waals surface area (Å²) in [6.45, 7) is 6.68. The molecule has 9 nitrogen and oxygen atoms in total. The molecule has 0 unspecified atom stereocenters. The lowest BCUT2D eigenvalue weighted by molar-refractivity contribution is -0.129. The van der Waals surface area contributed by atoms with E-state index in [-0.39, 0.29) is 42.0 Å². The van der Waals surface area contributed by atoms with Gasteiger partial charge in [-0.2, -0.15) is 5.10 Å². The van der Waals surface area contributed by atoms with Crippen LogP contribution in [0.4, 0.5) is 8.78 Å². The highest BCUT2D eigenvalue weighted by molar-refractivity contribution is 7.18. The van der Waals surface area contributed by atoms with Crippen molar-refractivity contribution in [3.05, 3.63) is 88.2 Å². The van der Waals surface area contributed by atoms with Crippen LogP contribution in [0.1, 0.15) is 18.7 Å². The third kappa shape index (κ3) is 4.99. The number of halogens is 2. The van der Waals surface area contributed by atoms with Crippen molar-refractivity contribution in [2.75, 3.05) is 26.9 Å². The lowest BCUT2D eigenvalue weighted by Gasteiger charge is -2.33. The fraction of sp³-hybridized carbons (Fsp3) is 0.250. The molecule has 44 heavy (non-hydrogen) atoms. The van der Waals surface area contributed by atoms with E-state index >= 15 is 4.39 Å². The topological polar surface area (TPSA) is 91.5 Å². The normalized spacial score (nSPS) is 14.6. The van der Waals surface area contributed by atoms with Gasteiger partial charge in [0, 0.05) is 54.6 Å². The molecule has 1 atom stereocenters. The first-order chi connectivity index (χ1) is 21.2. The molecule has 6 rings (SSSR count). The number of amides is 1. The predicted molar refractivity (Wildman–Crippen MR) is 165 cm³/mol. The molecule has 0 bridgehead atoms. The molecule has 0 fully saturated rings. The summed E-state index contributed by atoms with van der Waals surface area (Å²) < 4.78 is 45.4. The molecule has 1 amide bonds. The Hall–Kier alpha value is -4.68. The standard InChI is InChI=1S/C32H29F2N5O4S/c1-5-26(40)38-10-11-39-24(18(38)2)17-22(36-39)31-29(28-21(34)15-19(33)16-25(28)43-13-12-42-4)32-20(9-14-44-32)30(35-31)23-7-6-8-27(41)37(23)3/h5-9,14-18H,1,10-13H2,2-4H3/t18-/m1/s1. The molecule has 0 spiro atoms. The van der Waals surface area contributed by atoms with Gasteiger partial charge in [0.25, 0.3) is 5.56 Å². The van der Waals surface area contributed by atoms with E-state index < -0.39 is 11.6 Å². The zero-order valence-electron chi connectivity index (χ0n) is 24.3. The summed E-state index contributed by atoms with van der Waals surface area (Å²) >= 11 is 1.36. The number of pyridine rings is 2. The Morgan fingerprint density at radius 1 is 1.14 bits per heavy atom. The Bertz CT molecular complexity index is 1980. The molecule has 0 saturated heterocycles. The van der Waals surface area contributed by atoms with Crippen LogP contribution in [0.3, 0.4) is 0 Å². The van der Waals surface area contributed by atoms with Crippen LogP contribution in [0, 0.1) is 11.6 Å². The maximum absolute atomic E-state index is 15.9. The van der Waals surface area contributed by atoms with Crippen LogP contribution in [0.2, 0.25) is 0 Å². The van der Waals surface area contributed by atoms with Crippen LogP contribution in [-0.4, -0.2) is 57.0 Å². The average Bonchev–Trinajstić information content (AvgIpc) is 3.67. The van der Waals surface area contributed by atoms with Gasteiger partial charge in [-0.3, -0.25) is 14.3 Å². The number of ether oxygens (including phenoxy) is 2. The van der Waals surface area contributed by atoms with Gasteiger partial charge in [-0.15, -0.1) is 11.3 Å². The van der Waals surface area contributed by atoms with Gasteiger partial charge < -0.3 is 18.9 Å². The molecule has 5 aromatic rings. The van der Waals surface area contributed by atoms with E-state index in [1.165, 1.54) is 35.2 Å². The smallest absolute Gasteiger partial charge is 0.250 e. The quantitative estimate of drug-likeness (QED) is 0.167. The van der Waals surface area contributed by atoms with Crippen molar-refractivity contribution in [3.63, 3.8) is 0 Å². The summed E-state index contributed by atoms with van der Waals surface area (Å²) in [5.41, 5.74) is 2.79. The fourth-order valence-corrected chi connectivity index (χ4v) is 6.57. The van der Waals surface area contributed by atoms with E-state index in [1.54, 1.807) is 24.1 Å². The van der Waals surface area contributed by atoms with Gasteiger partial charge in [0.2, 0.25) is 5.91 Å². The first-order valence-electron chi connectivity index (χ1n) is 13.9. The Labute approximate surface area is 255 Å². The van der Waals surface area contributed by atoms with Crippen molar-refractivity contribution in [2.24, 2.45) is 7.05 Å². The molecule has 1 aliphatic rings. The number of carbonyl (C=O) groups excluding carboxylic acids is 1. The van der Waals surface area contributed by atoms with Gasteiger partial charge in [-0.05, 0) is 36.6 Å². The summed E-state index contributed by atoms with van der Waals surface area (Å²) in [7, 11) is 3.17. The van der Waals surface area contributed by atoms with Crippen molar-refractivity contribution in [1.29, 1.82) is 0 Å². The van der Waals surface area contributed by atoms with Crippen molar-refractivity contribution in [3.8, 4) is 39.7 Å². The minimum absolute atomic E-state index is 0.00254. The van der Waals surface area contributed by atoms with E-state index in [1.807, 2.05) is 29.1 Å². The second kappa shape index (κ2) is 11.8. The van der Waals surface area contributed by atoms with Crippen LogP contribution in [-0.2, 0) is 23.1 Å². The number of nitrogens with zero attached hydrogens (tertiary/aromatic N) is 5. The van der Waals surface area contributed by atoms with Crippen LogP contribution in [0.15, 0.2) is 65.3 Å². The number of hydrogen-bond donors (Lipinski definition) is 0. The number of rotatable bonds is 8. The molecule has 1 aromatic carbocycles. The molecule has 0 N–H and O–H groups in total. The van der Waals surface area contributed by atoms with E-state index in [0.717, 1.165) is 17.8 Å². The average molecular weight is 618 g/mol. The molecular formula is C32H29F2N5O4S. The Morgan fingerprint density at radius 2 is 1.95 bits per heavy atom. The highest BCUT2D eigenvalue weighted by atomic mass is 32.1. The Balaban J connectivity index is 1.66. The highest BCUT2D eigenvalue weighted by Gasteiger charge is 2.31. The number of methoxy groups -OCH3 is 1. The second-order valence-electron chi connectivity index (χ2n) is 10.3. The first kappa shape index (κ1) is 29.4. The summed E-state index contributed by atoms with van der Waals surface area (Å²) in [5.74, 6) is -1.80. The van der Waals surface area contributed by atoms with E-state index in [2.05, 4.69) is 6.58 Å². The van der Waals surface area contributed by atoms with Crippen molar-refractivity contribution in [2.45, 2.75) is 19.5 Å². The molecule has 1 aliphatic heterocycles. The third-order valence-electron chi connectivity index (χ3n) is 7.81. The number of benzene rings is 1. The van der Waals surface area contributed by atoms with Gasteiger partial charge in [0.15, 0.2) is 0 Å². The maximum Gasteiger partial charge on any atom is 0.250 e. The van der Waals surface area contributed by atoms with Crippen LogP contribution < -0.4 is 10.3 Å². The number of thiophene rings is 1. The van der Waals surface area contributed by atoms with Gasteiger partial charge >= 0.3 is 0 Å². The lowest BCUT2D eigenvalue weighted by atomic mass is 9.97. The van der Waals surface area contributed by atoms with Crippen molar-refractivity contribution < 1.29 is 23.0 Å². The van der Waals surface area contributed by atoms with Crippen molar-refractivity contribution >= 4 is 27.3 Å². The SMILES string of the molecule is C=CC(=O)N1CCn2nc(-c3nc(-c4cccc(=O)n4C)c4ccsc4c3-c3c(F)cc(F)cc3OCCOC)cc2[C@H]1C. The van der Waals surface area contributed by atoms with Crippen LogP contribution in [0.5, 0.6) is 5.75 Å². The number of aromatic nitrogens is 4. The van der Waals surface area contributed by atoms with Crippen LogP contribution >= 0.6 is 11.3 Å². The van der Waals surface area contributed by atoms with Gasteiger partial charge in [0.05, 0.1) is 41.8 Å². The summed E-state index contributed by atoms with van der Waals surface area (Å²) in [4.78, 5) is 31.9. The number of hydrogen-bond acceptors (Lipinski definition) is 7. The zero-order valence-corrected chi connectivity index (χ0v) is 25.2. The number of carbonyl (C=O) groups is 1. The first-order valence-corrected chi connectivity index (χ1v) is 14.8. The van der Waals surface area contributed by atoms with E-state index in [4.69, 9.17) is 19.6 Å². The molecule has 4 aromatic heterocycles. The zero-order chi connectivity index (χ0) is 31.1. The highest BCUT2D eigenvalue weighted by Crippen LogP contribution is 2.47. The predicted octanol–water partition coefficient (Wildman–Crippen LogP) is 5.59. The molecule has 12 heteroatoms. The third-order valence-corrected chi connectivity index (χ3v) is 8.74. The van der Waals surface area contributed by atoms with E-state index in [9.17, 15) is 14.0 Å². The molecule has 0 saturated carbocycles. The lowest BCUT2D eigenvalue weighted by Crippen LogP contribution is -2.40. The molecular weight excluding hydrogens is 588 g/mol. The van der Waals surface area contributed by atoms with Crippen LogP contribution in [0.25, 0.3) is 44.0 Å². The van der Waals surface area contributed by atoms with Gasteiger partial charge in [-0.1, -0.05) is 12.6 Å². The summed E-state index contributed by atoms with van der Waals surface area (Å²) in [6.07, 6.45) is 1.28. The second-order valence-corrected chi connectivity index (χ2v) is 11.3. The molecule has 0 aliphatic carbocycles. The monoisotopic (exact) mass is 617 g/mol. The molecule has 5 heterocycles. The van der Waals surface area contributed by atoms with E-state index in [0.29, 0.717) is 51.5 Å². The summed E-state index contributed by atoms with van der Waals surface area (Å²) in [5, 5.41) is 7.40. The minimum Gasteiger partial charge on any atom is -0.490 e. The summed E-state index contributed by atoms with van der Waals surface area (Å²) in [6, 6.07) is 10.3. The Kier molecular flexibility index (Phi) is 7.87. The largest absolute Gasteiger partial charge is 0.490 e.